The quantitative estimate of drug-likeness (QED) is 0.861. The van der Waals surface area contributed by atoms with E-state index >= 15 is 0 Å². The second kappa shape index (κ2) is 4.02. The molecule has 0 spiro atoms. The normalized spacial score (nSPS) is 19.1. The number of hydrogen-bond donors (Lipinski definition) is 1. The van der Waals surface area contributed by atoms with E-state index in [1.165, 1.54) is 19.0 Å². The van der Waals surface area contributed by atoms with Crippen molar-refractivity contribution in [3.63, 3.8) is 0 Å². The number of rotatable bonds is 4. The molecule has 1 amide bonds. The fourth-order valence-electron chi connectivity index (χ4n) is 2.08. The third kappa shape index (κ3) is 2.25. The summed E-state index contributed by atoms with van der Waals surface area (Å²) in [5.41, 5.74) is 0.382. The number of pyridine rings is 1. The zero-order valence-corrected chi connectivity index (χ0v) is 9.67. The molecule has 0 aromatic carbocycles. The smallest absolute Gasteiger partial charge is 0.257 e. The lowest BCUT2D eigenvalue weighted by atomic mass is 10.2. The molecule has 2 aliphatic rings. The Bertz CT molecular complexity index is 439. The molecule has 1 aromatic rings. The first kappa shape index (κ1) is 10.6. The van der Waals surface area contributed by atoms with E-state index in [9.17, 15) is 9.90 Å². The number of carbonyl (C=O) groups is 1. The fourth-order valence-corrected chi connectivity index (χ4v) is 2.08. The van der Waals surface area contributed by atoms with Gasteiger partial charge in [-0.05, 0) is 37.7 Å². The lowest BCUT2D eigenvalue weighted by Crippen LogP contribution is -2.34. The van der Waals surface area contributed by atoms with E-state index in [1.54, 1.807) is 12.3 Å². The van der Waals surface area contributed by atoms with E-state index in [-0.39, 0.29) is 11.7 Å². The van der Waals surface area contributed by atoms with Crippen molar-refractivity contribution in [2.45, 2.75) is 31.7 Å². The lowest BCUT2D eigenvalue weighted by Gasteiger charge is -2.22. The van der Waals surface area contributed by atoms with Crippen molar-refractivity contribution in [1.82, 2.24) is 9.88 Å². The van der Waals surface area contributed by atoms with Crippen LogP contribution in [-0.2, 0) is 0 Å². The first-order chi connectivity index (χ1) is 8.25. The molecule has 1 N–H and O–H groups in total. The maximum atomic E-state index is 12.3. The van der Waals surface area contributed by atoms with Crippen LogP contribution in [0, 0.1) is 5.92 Å². The molecule has 90 valence electrons. The van der Waals surface area contributed by atoms with E-state index in [0.717, 1.165) is 19.4 Å². The number of carbonyl (C=O) groups excluding carboxylic acids is 1. The second-order valence-electron chi connectivity index (χ2n) is 5.02. The Hall–Kier alpha value is -1.58. The molecule has 3 rings (SSSR count). The molecular formula is C13H16N2O2. The minimum Gasteiger partial charge on any atom is -0.505 e. The SMILES string of the molecule is O=C(c1ccncc1O)N(CC1CC1)C1CC1. The van der Waals surface area contributed by atoms with Crippen LogP contribution in [0.3, 0.4) is 0 Å². The monoisotopic (exact) mass is 232 g/mol. The number of aromatic nitrogens is 1. The summed E-state index contributed by atoms with van der Waals surface area (Å²) in [6.45, 7) is 0.852. The Labute approximate surface area is 100 Å². The highest BCUT2D eigenvalue weighted by Crippen LogP contribution is 2.36. The Kier molecular flexibility index (Phi) is 2.50. The van der Waals surface area contributed by atoms with Crippen molar-refractivity contribution in [2.75, 3.05) is 6.54 Å². The third-order valence-electron chi connectivity index (χ3n) is 3.43. The van der Waals surface area contributed by atoms with Gasteiger partial charge in [0.25, 0.3) is 5.91 Å². The molecule has 4 nitrogen and oxygen atoms in total. The highest BCUT2D eigenvalue weighted by atomic mass is 16.3. The summed E-state index contributed by atoms with van der Waals surface area (Å²) in [5, 5.41) is 9.67. The van der Waals surface area contributed by atoms with Gasteiger partial charge in [-0.1, -0.05) is 0 Å². The average Bonchev–Trinajstić information content (AvgIpc) is 3.17. The Morgan fingerprint density at radius 2 is 2.18 bits per heavy atom. The van der Waals surface area contributed by atoms with Gasteiger partial charge < -0.3 is 10.0 Å². The predicted octanol–water partition coefficient (Wildman–Crippen LogP) is 1.80. The number of nitrogens with zero attached hydrogens (tertiary/aromatic N) is 2. The van der Waals surface area contributed by atoms with Gasteiger partial charge in [0.15, 0.2) is 0 Å². The van der Waals surface area contributed by atoms with Crippen LogP contribution in [0.1, 0.15) is 36.0 Å². The molecule has 0 bridgehead atoms. The molecule has 0 unspecified atom stereocenters. The summed E-state index contributed by atoms with van der Waals surface area (Å²) in [7, 11) is 0. The molecule has 2 aliphatic carbocycles. The van der Waals surface area contributed by atoms with Crippen molar-refractivity contribution in [3.05, 3.63) is 24.0 Å². The molecule has 0 saturated heterocycles. The zero-order valence-electron chi connectivity index (χ0n) is 9.67. The summed E-state index contributed by atoms with van der Waals surface area (Å²) < 4.78 is 0. The molecular weight excluding hydrogens is 216 g/mol. The summed E-state index contributed by atoms with van der Waals surface area (Å²) in [4.78, 5) is 18.1. The third-order valence-corrected chi connectivity index (χ3v) is 3.43. The fraction of sp³-hybridized carbons (Fsp3) is 0.538. The molecule has 4 heteroatoms. The standard InChI is InChI=1S/C13H16N2O2/c16-12-7-14-6-5-11(12)13(17)15(10-3-4-10)8-9-1-2-9/h5-7,9-10,16H,1-4,8H2. The van der Waals surface area contributed by atoms with E-state index in [4.69, 9.17) is 0 Å². The van der Waals surface area contributed by atoms with E-state index in [0.29, 0.717) is 17.5 Å². The lowest BCUT2D eigenvalue weighted by molar-refractivity contribution is 0.0731. The van der Waals surface area contributed by atoms with Crippen LogP contribution in [0.2, 0.25) is 0 Å². The zero-order chi connectivity index (χ0) is 11.8. The van der Waals surface area contributed by atoms with Crippen molar-refractivity contribution >= 4 is 5.91 Å². The Morgan fingerprint density at radius 3 is 2.76 bits per heavy atom. The van der Waals surface area contributed by atoms with E-state index in [1.807, 2.05) is 4.90 Å². The van der Waals surface area contributed by atoms with Crippen molar-refractivity contribution in [2.24, 2.45) is 5.92 Å². The van der Waals surface area contributed by atoms with Crippen molar-refractivity contribution < 1.29 is 9.90 Å². The van der Waals surface area contributed by atoms with Gasteiger partial charge >= 0.3 is 0 Å². The molecule has 2 fully saturated rings. The average molecular weight is 232 g/mol. The van der Waals surface area contributed by atoms with Crippen molar-refractivity contribution in [1.29, 1.82) is 0 Å². The van der Waals surface area contributed by atoms with Crippen LogP contribution in [0.5, 0.6) is 5.75 Å². The molecule has 0 aliphatic heterocycles. The second-order valence-corrected chi connectivity index (χ2v) is 5.02. The first-order valence-corrected chi connectivity index (χ1v) is 6.19. The van der Waals surface area contributed by atoms with Crippen LogP contribution in [-0.4, -0.2) is 33.5 Å². The summed E-state index contributed by atoms with van der Waals surface area (Å²) in [5.74, 6) is 0.627. The number of hydrogen-bond acceptors (Lipinski definition) is 3. The molecule has 0 radical (unpaired) electrons. The number of amides is 1. The Balaban J connectivity index is 1.80. The maximum Gasteiger partial charge on any atom is 0.257 e. The number of aromatic hydroxyl groups is 1. The van der Waals surface area contributed by atoms with Gasteiger partial charge in [-0.3, -0.25) is 9.78 Å². The minimum atomic E-state index is -0.0423. The predicted molar refractivity (Wildman–Crippen MR) is 62.7 cm³/mol. The van der Waals surface area contributed by atoms with Gasteiger partial charge in [-0.25, -0.2) is 0 Å². The highest BCUT2D eigenvalue weighted by molar-refractivity contribution is 5.97. The maximum absolute atomic E-state index is 12.3. The summed E-state index contributed by atoms with van der Waals surface area (Å²) in [6.07, 6.45) is 7.55. The van der Waals surface area contributed by atoms with E-state index < -0.39 is 0 Å². The van der Waals surface area contributed by atoms with Crippen LogP contribution < -0.4 is 0 Å². The van der Waals surface area contributed by atoms with Gasteiger partial charge in [0.05, 0.1) is 11.8 Å². The van der Waals surface area contributed by atoms with Crippen LogP contribution in [0.4, 0.5) is 0 Å². The van der Waals surface area contributed by atoms with Crippen molar-refractivity contribution in [3.8, 4) is 5.75 Å². The molecule has 1 heterocycles. The molecule has 2 saturated carbocycles. The van der Waals surface area contributed by atoms with Gasteiger partial charge in [-0.15, -0.1) is 0 Å². The van der Waals surface area contributed by atoms with Gasteiger partial charge in [0.1, 0.15) is 5.75 Å². The van der Waals surface area contributed by atoms with Crippen LogP contribution >= 0.6 is 0 Å². The summed E-state index contributed by atoms with van der Waals surface area (Å²) in [6, 6.07) is 2.00. The topological polar surface area (TPSA) is 53.4 Å². The van der Waals surface area contributed by atoms with E-state index in [2.05, 4.69) is 4.98 Å². The first-order valence-electron chi connectivity index (χ1n) is 6.19. The molecule has 1 aromatic heterocycles. The highest BCUT2D eigenvalue weighted by Gasteiger charge is 2.37. The molecule has 17 heavy (non-hydrogen) atoms. The molecule has 0 atom stereocenters. The Morgan fingerprint density at radius 1 is 1.41 bits per heavy atom. The summed E-state index contributed by atoms with van der Waals surface area (Å²) >= 11 is 0. The van der Waals surface area contributed by atoms with Crippen LogP contribution in [0.15, 0.2) is 18.5 Å². The van der Waals surface area contributed by atoms with Gasteiger partial charge in [0, 0.05) is 18.8 Å². The minimum absolute atomic E-state index is 0.0149. The van der Waals surface area contributed by atoms with Gasteiger partial charge in [0.2, 0.25) is 0 Å². The largest absolute Gasteiger partial charge is 0.505 e. The van der Waals surface area contributed by atoms with Crippen LogP contribution in [0.25, 0.3) is 0 Å². The van der Waals surface area contributed by atoms with Gasteiger partial charge in [-0.2, -0.15) is 0 Å².